The molecule has 2 aromatic carbocycles. The number of nitrogens with zero attached hydrogens (tertiary/aromatic N) is 2. The fraction of sp³-hybridized carbons (Fsp3) is 0.375. The van der Waals surface area contributed by atoms with E-state index in [2.05, 4.69) is 69.9 Å². The summed E-state index contributed by atoms with van der Waals surface area (Å²) in [6, 6.07) is 15.3. The summed E-state index contributed by atoms with van der Waals surface area (Å²) in [7, 11) is 0. The lowest BCUT2D eigenvalue weighted by atomic mass is 9.90. The molecule has 1 fully saturated rings. The first-order chi connectivity index (χ1) is 14.2. The van der Waals surface area contributed by atoms with E-state index in [0.717, 1.165) is 44.8 Å². The van der Waals surface area contributed by atoms with Gasteiger partial charge >= 0.3 is 0 Å². The van der Waals surface area contributed by atoms with Gasteiger partial charge in [0.15, 0.2) is 0 Å². The van der Waals surface area contributed by atoms with Crippen LogP contribution in [0.25, 0.3) is 10.1 Å². The molecule has 0 radical (unpaired) electrons. The minimum Gasteiger partial charge on any atom is -0.368 e. The van der Waals surface area contributed by atoms with Crippen LogP contribution in [0.2, 0.25) is 0 Å². The van der Waals surface area contributed by atoms with E-state index in [1.165, 1.54) is 26.9 Å². The number of carbonyl (C=O) groups is 1. The molecule has 1 amide bonds. The number of carbonyl (C=O) groups excluding carboxylic acids is 1. The number of hydrogen-bond donors (Lipinski definition) is 1. The van der Waals surface area contributed by atoms with Crippen molar-refractivity contribution >= 4 is 38.7 Å². The first-order valence-electron chi connectivity index (χ1n) is 10.5. The molecule has 29 heavy (non-hydrogen) atoms. The maximum atomic E-state index is 11.7. The summed E-state index contributed by atoms with van der Waals surface area (Å²) < 4.78 is 1.38. The average Bonchev–Trinajstić information content (AvgIpc) is 3.17. The van der Waals surface area contributed by atoms with E-state index >= 15 is 0 Å². The number of hydrogen-bond acceptors (Lipinski definition) is 4. The van der Waals surface area contributed by atoms with E-state index in [1.54, 1.807) is 0 Å². The maximum Gasteiger partial charge on any atom is 0.224 e. The molecule has 0 saturated carbocycles. The summed E-state index contributed by atoms with van der Waals surface area (Å²) in [5, 5.41) is 6.70. The van der Waals surface area contributed by atoms with Crippen molar-refractivity contribution in [3.8, 4) is 0 Å². The predicted octanol–water partition coefficient (Wildman–Crippen LogP) is 4.71. The number of amides is 1. The third-order valence-electron chi connectivity index (χ3n) is 6.30. The largest absolute Gasteiger partial charge is 0.368 e. The van der Waals surface area contributed by atoms with Gasteiger partial charge in [-0.1, -0.05) is 37.3 Å². The van der Waals surface area contributed by atoms with Gasteiger partial charge in [0, 0.05) is 60.3 Å². The molecule has 2 aliphatic rings. The first kappa shape index (κ1) is 18.6. The zero-order chi connectivity index (χ0) is 19.8. The molecule has 0 aliphatic carbocycles. The molecule has 2 aliphatic heterocycles. The molecule has 3 aromatic rings. The molecular weight excluding hydrogens is 378 g/mol. The van der Waals surface area contributed by atoms with Gasteiger partial charge in [0.25, 0.3) is 0 Å². The smallest absolute Gasteiger partial charge is 0.224 e. The van der Waals surface area contributed by atoms with E-state index in [9.17, 15) is 4.79 Å². The van der Waals surface area contributed by atoms with Crippen molar-refractivity contribution in [2.24, 2.45) is 0 Å². The van der Waals surface area contributed by atoms with Crippen LogP contribution in [-0.2, 0) is 11.2 Å². The van der Waals surface area contributed by atoms with Gasteiger partial charge in [-0.3, -0.25) is 9.69 Å². The van der Waals surface area contributed by atoms with Crippen LogP contribution in [0.15, 0.2) is 47.8 Å². The number of rotatable bonds is 4. The van der Waals surface area contributed by atoms with Gasteiger partial charge in [0.2, 0.25) is 5.91 Å². The van der Waals surface area contributed by atoms with Crippen molar-refractivity contribution in [1.29, 1.82) is 0 Å². The summed E-state index contributed by atoms with van der Waals surface area (Å²) in [6.07, 6.45) is 1.66. The van der Waals surface area contributed by atoms with E-state index in [1.807, 2.05) is 11.3 Å². The van der Waals surface area contributed by atoms with Crippen LogP contribution in [0, 0.1) is 0 Å². The monoisotopic (exact) mass is 405 g/mol. The second-order valence-electron chi connectivity index (χ2n) is 8.27. The van der Waals surface area contributed by atoms with Crippen LogP contribution in [0.3, 0.4) is 0 Å². The molecule has 1 N–H and O–H groups in total. The molecule has 5 heteroatoms. The Hall–Kier alpha value is -2.37. The van der Waals surface area contributed by atoms with Crippen molar-refractivity contribution < 1.29 is 4.79 Å². The topological polar surface area (TPSA) is 35.6 Å². The first-order valence-corrected chi connectivity index (χ1v) is 11.4. The Morgan fingerprint density at radius 2 is 1.93 bits per heavy atom. The zero-order valence-corrected chi connectivity index (χ0v) is 17.7. The number of thiophene rings is 1. The number of fused-ring (bicyclic) bond motifs is 2. The lowest BCUT2D eigenvalue weighted by Crippen LogP contribution is -2.46. The minimum absolute atomic E-state index is 0.133. The number of nitrogens with one attached hydrogen (secondary N) is 1. The average molecular weight is 406 g/mol. The van der Waals surface area contributed by atoms with Gasteiger partial charge in [-0.25, -0.2) is 0 Å². The maximum absolute atomic E-state index is 11.7. The Labute approximate surface area is 176 Å². The summed E-state index contributed by atoms with van der Waals surface area (Å²) in [6.45, 7) is 7.65. The molecule has 4 nitrogen and oxygen atoms in total. The molecule has 0 bridgehead atoms. The van der Waals surface area contributed by atoms with E-state index in [0.29, 0.717) is 12.3 Å². The van der Waals surface area contributed by atoms with Gasteiger partial charge in [-0.15, -0.1) is 11.3 Å². The molecule has 1 aromatic heterocycles. The van der Waals surface area contributed by atoms with Gasteiger partial charge in [-0.2, -0.15) is 0 Å². The van der Waals surface area contributed by atoms with Gasteiger partial charge < -0.3 is 10.2 Å². The fourth-order valence-electron chi connectivity index (χ4n) is 4.59. The highest BCUT2D eigenvalue weighted by Gasteiger charge is 2.22. The molecule has 3 heterocycles. The van der Waals surface area contributed by atoms with Crippen LogP contribution in [0.5, 0.6) is 0 Å². The highest BCUT2D eigenvalue weighted by atomic mass is 32.1. The van der Waals surface area contributed by atoms with Crippen LogP contribution in [-0.4, -0.2) is 43.5 Å². The Balaban J connectivity index is 1.19. The highest BCUT2D eigenvalue weighted by molar-refractivity contribution is 7.17. The summed E-state index contributed by atoms with van der Waals surface area (Å²) in [4.78, 5) is 16.8. The quantitative estimate of drug-likeness (QED) is 0.683. The minimum atomic E-state index is 0.133. The zero-order valence-electron chi connectivity index (χ0n) is 16.9. The van der Waals surface area contributed by atoms with Crippen molar-refractivity contribution in [1.82, 2.24) is 4.90 Å². The van der Waals surface area contributed by atoms with Gasteiger partial charge in [0.1, 0.15) is 0 Å². The number of piperazine rings is 1. The standard InChI is InChI=1S/C24H27N3OS/c1-17-14-24(28)25-21-7-6-18(15-20(17)21)8-9-26-10-12-27(13-11-26)22-16-29-23-5-3-2-4-19(22)23/h2-7,15-17H,8-14H2,1H3,(H,25,28)/t17-/m1/s1. The summed E-state index contributed by atoms with van der Waals surface area (Å²) >= 11 is 1.85. The Bertz CT molecular complexity index is 1040. The van der Waals surface area contributed by atoms with Crippen molar-refractivity contribution in [2.75, 3.05) is 42.9 Å². The summed E-state index contributed by atoms with van der Waals surface area (Å²) in [5.41, 5.74) is 5.05. The lowest BCUT2D eigenvalue weighted by Gasteiger charge is -2.36. The Morgan fingerprint density at radius 3 is 2.79 bits per heavy atom. The van der Waals surface area contributed by atoms with E-state index in [4.69, 9.17) is 0 Å². The van der Waals surface area contributed by atoms with Crippen LogP contribution in [0.4, 0.5) is 11.4 Å². The highest BCUT2D eigenvalue weighted by Crippen LogP contribution is 2.34. The molecule has 1 saturated heterocycles. The van der Waals surface area contributed by atoms with E-state index < -0.39 is 0 Å². The predicted molar refractivity (Wildman–Crippen MR) is 122 cm³/mol. The molecular formula is C24H27N3OS. The van der Waals surface area contributed by atoms with Crippen molar-refractivity contribution in [3.63, 3.8) is 0 Å². The summed E-state index contributed by atoms with van der Waals surface area (Å²) in [5.74, 6) is 0.441. The van der Waals surface area contributed by atoms with Gasteiger partial charge in [-0.05, 0) is 35.6 Å². The second-order valence-corrected chi connectivity index (χ2v) is 9.18. The normalized spacial score (nSPS) is 20.0. The van der Waals surface area contributed by atoms with E-state index in [-0.39, 0.29) is 5.91 Å². The molecule has 1 atom stereocenters. The van der Waals surface area contributed by atoms with Crippen molar-refractivity contribution in [2.45, 2.75) is 25.7 Å². The molecule has 5 rings (SSSR count). The van der Waals surface area contributed by atoms with Crippen LogP contribution in [0.1, 0.15) is 30.4 Å². The number of anilines is 2. The molecule has 0 unspecified atom stereocenters. The Morgan fingerprint density at radius 1 is 1.10 bits per heavy atom. The van der Waals surface area contributed by atoms with Crippen LogP contribution < -0.4 is 10.2 Å². The fourth-order valence-corrected chi connectivity index (χ4v) is 5.56. The van der Waals surface area contributed by atoms with Gasteiger partial charge in [0.05, 0.1) is 5.69 Å². The van der Waals surface area contributed by atoms with Crippen LogP contribution >= 0.6 is 11.3 Å². The lowest BCUT2D eigenvalue weighted by molar-refractivity contribution is -0.116. The SMILES string of the molecule is C[C@@H]1CC(=O)Nc2ccc(CCN3CCN(c4csc5ccccc45)CC3)cc21. The third-order valence-corrected chi connectivity index (χ3v) is 7.25. The second kappa shape index (κ2) is 7.81. The number of benzene rings is 2. The molecule has 0 spiro atoms. The Kier molecular flexibility index (Phi) is 5.02. The third kappa shape index (κ3) is 3.77. The molecule has 150 valence electrons. The van der Waals surface area contributed by atoms with Crippen molar-refractivity contribution in [3.05, 3.63) is 59.0 Å².